The third-order valence-corrected chi connectivity index (χ3v) is 9.47. The van der Waals surface area contributed by atoms with Crippen molar-refractivity contribution in [3.05, 3.63) is 138 Å². The van der Waals surface area contributed by atoms with Gasteiger partial charge in [-0.05, 0) is 68.6 Å². The summed E-state index contributed by atoms with van der Waals surface area (Å²) in [6.45, 7) is 0. The number of hydrogen-bond donors (Lipinski definition) is 5. The lowest BCUT2D eigenvalue weighted by molar-refractivity contribution is 0.0885. The standard InChI is InChI=1S/C36H31ClO6S/c37-32-11-10-31(44-32)30(39)19-29(38)14-20-12-27-17-25-8-2-6-23(34(25)41)15-21-4-1-5-22(33(21)40)16-24-7-3-9-26(35(24)42)18-28(13-20)36(27)43/h1-13,29,38,40-43H,14-19H2. The van der Waals surface area contributed by atoms with Crippen molar-refractivity contribution >= 4 is 28.7 Å². The zero-order chi connectivity index (χ0) is 31.0. The topological polar surface area (TPSA) is 118 Å². The third kappa shape index (κ3) is 6.17. The Morgan fingerprint density at radius 3 is 1.41 bits per heavy atom. The molecule has 8 heteroatoms. The van der Waals surface area contributed by atoms with Crippen LogP contribution >= 0.6 is 22.9 Å². The SMILES string of the molecule is O=C(CC(O)Cc1cc2c(O)c(c1)Cc1cccc(c1O)Cc1cccc(c1O)Cc1cccc(c1O)C2)c1ccc(Cl)s1. The number of aromatic hydroxyl groups is 4. The Balaban J connectivity index is 1.42. The van der Waals surface area contributed by atoms with E-state index >= 15 is 0 Å². The van der Waals surface area contributed by atoms with Gasteiger partial charge in [0.2, 0.25) is 0 Å². The van der Waals surface area contributed by atoms with Crippen molar-refractivity contribution < 1.29 is 30.3 Å². The van der Waals surface area contributed by atoms with Crippen molar-refractivity contribution in [3.63, 3.8) is 0 Å². The molecule has 0 fully saturated rings. The first kappa shape index (κ1) is 29.8. The van der Waals surface area contributed by atoms with Gasteiger partial charge in [0, 0.05) is 32.1 Å². The molecule has 224 valence electrons. The van der Waals surface area contributed by atoms with Gasteiger partial charge in [0.15, 0.2) is 5.78 Å². The first-order valence-corrected chi connectivity index (χ1v) is 15.5. The number of aliphatic hydroxyl groups excluding tert-OH is 1. The number of rotatable bonds is 5. The summed E-state index contributed by atoms with van der Waals surface area (Å²) in [6, 6.07) is 23.2. The summed E-state index contributed by atoms with van der Waals surface area (Å²) in [4.78, 5) is 13.2. The lowest BCUT2D eigenvalue weighted by Crippen LogP contribution is -2.16. The van der Waals surface area contributed by atoms with Crippen molar-refractivity contribution in [2.24, 2.45) is 0 Å². The molecule has 0 aliphatic heterocycles. The summed E-state index contributed by atoms with van der Waals surface area (Å²) in [5.41, 5.74) is 5.55. The zero-order valence-electron chi connectivity index (χ0n) is 23.8. The van der Waals surface area contributed by atoms with Crippen LogP contribution in [-0.4, -0.2) is 37.4 Å². The molecule has 1 heterocycles. The first-order chi connectivity index (χ1) is 21.2. The number of carbonyl (C=O) groups is 1. The maximum Gasteiger partial charge on any atom is 0.175 e. The predicted octanol–water partition coefficient (Wildman–Crippen LogP) is 7.08. The molecule has 0 spiro atoms. The van der Waals surface area contributed by atoms with E-state index in [0.717, 1.165) is 0 Å². The van der Waals surface area contributed by atoms with Crippen LogP contribution in [0, 0.1) is 0 Å². The van der Waals surface area contributed by atoms with Crippen molar-refractivity contribution in [2.45, 2.75) is 44.6 Å². The Kier molecular flexibility index (Phi) is 8.36. The van der Waals surface area contributed by atoms with Crippen LogP contribution < -0.4 is 0 Å². The number of aliphatic hydroxyl groups is 1. The molecule has 8 bridgehead atoms. The number of halogens is 1. The number of benzene rings is 4. The highest BCUT2D eigenvalue weighted by Gasteiger charge is 2.21. The largest absolute Gasteiger partial charge is 0.507 e. The van der Waals surface area contributed by atoms with E-state index < -0.39 is 6.10 Å². The monoisotopic (exact) mass is 626 g/mol. The molecule has 5 aromatic rings. The van der Waals surface area contributed by atoms with Gasteiger partial charge in [-0.3, -0.25) is 4.79 Å². The maximum absolute atomic E-state index is 12.7. The van der Waals surface area contributed by atoms with Crippen molar-refractivity contribution in [1.82, 2.24) is 0 Å². The van der Waals surface area contributed by atoms with Crippen LogP contribution in [-0.2, 0) is 32.1 Å². The van der Waals surface area contributed by atoms with E-state index in [2.05, 4.69) is 0 Å². The van der Waals surface area contributed by atoms with Gasteiger partial charge in [0.1, 0.15) is 23.0 Å². The fourth-order valence-corrected chi connectivity index (χ4v) is 6.94. The number of phenolic OH excluding ortho intramolecular Hbond substituents is 4. The molecule has 1 atom stereocenters. The second-order valence-corrected chi connectivity index (χ2v) is 13.0. The average Bonchev–Trinajstić information content (AvgIpc) is 3.43. The molecule has 5 N–H and O–H groups in total. The number of Topliss-reactive ketones (excluding diaryl/α,β-unsaturated/α-hetero) is 1. The molecule has 1 unspecified atom stereocenters. The molecular formula is C36H31ClO6S. The number of hydrogen-bond acceptors (Lipinski definition) is 7. The Morgan fingerprint density at radius 2 is 1.02 bits per heavy atom. The lowest BCUT2D eigenvalue weighted by Gasteiger charge is -2.18. The van der Waals surface area contributed by atoms with E-state index in [1.165, 1.54) is 11.3 Å². The van der Waals surface area contributed by atoms with Crippen molar-refractivity contribution in [1.29, 1.82) is 0 Å². The smallest absolute Gasteiger partial charge is 0.175 e. The quantitative estimate of drug-likeness (QED) is 0.131. The highest BCUT2D eigenvalue weighted by atomic mass is 35.5. The maximum atomic E-state index is 12.7. The Morgan fingerprint density at radius 1 is 0.636 bits per heavy atom. The van der Waals surface area contributed by atoms with Crippen LogP contribution in [0.25, 0.3) is 0 Å². The summed E-state index contributed by atoms with van der Waals surface area (Å²) < 4.78 is 0.506. The number of phenols is 4. The number of ketones is 1. The highest BCUT2D eigenvalue weighted by Crippen LogP contribution is 2.38. The molecule has 6 nitrogen and oxygen atoms in total. The van der Waals surface area contributed by atoms with Gasteiger partial charge in [0.25, 0.3) is 0 Å². The van der Waals surface area contributed by atoms with Crippen molar-refractivity contribution in [3.8, 4) is 23.0 Å². The summed E-state index contributed by atoms with van der Waals surface area (Å²) in [5, 5.41) is 56.1. The minimum atomic E-state index is -0.971. The second kappa shape index (κ2) is 12.4. The van der Waals surface area contributed by atoms with Gasteiger partial charge in [-0.1, -0.05) is 78.3 Å². The van der Waals surface area contributed by atoms with E-state index in [0.29, 0.717) is 59.3 Å². The minimum Gasteiger partial charge on any atom is -0.507 e. The summed E-state index contributed by atoms with van der Waals surface area (Å²) in [7, 11) is 0. The van der Waals surface area contributed by atoms with Gasteiger partial charge in [-0.2, -0.15) is 0 Å². The molecule has 1 aliphatic rings. The highest BCUT2D eigenvalue weighted by molar-refractivity contribution is 7.18. The summed E-state index contributed by atoms with van der Waals surface area (Å²) in [6.07, 6.45) is 0.0938. The molecule has 1 aromatic heterocycles. The van der Waals surface area contributed by atoms with Gasteiger partial charge in [0.05, 0.1) is 15.3 Å². The third-order valence-electron chi connectivity index (χ3n) is 8.20. The molecule has 44 heavy (non-hydrogen) atoms. The summed E-state index contributed by atoms with van der Waals surface area (Å²) in [5.74, 6) is 0.130. The molecular weight excluding hydrogens is 596 g/mol. The molecule has 4 aromatic carbocycles. The van der Waals surface area contributed by atoms with E-state index in [-0.39, 0.29) is 67.3 Å². The van der Waals surface area contributed by atoms with E-state index in [9.17, 15) is 30.3 Å². The average molecular weight is 627 g/mol. The summed E-state index contributed by atoms with van der Waals surface area (Å²) >= 11 is 7.16. The van der Waals surface area contributed by atoms with Gasteiger partial charge < -0.3 is 25.5 Å². The lowest BCUT2D eigenvalue weighted by atomic mass is 9.89. The van der Waals surface area contributed by atoms with Crippen LogP contribution in [0.4, 0.5) is 0 Å². The molecule has 0 saturated heterocycles. The Bertz CT molecular complexity index is 1780. The molecule has 6 rings (SSSR count). The van der Waals surface area contributed by atoms with Crippen molar-refractivity contribution in [2.75, 3.05) is 0 Å². The number of thiophene rings is 1. The van der Waals surface area contributed by atoms with Gasteiger partial charge >= 0.3 is 0 Å². The number of fused-ring (bicyclic) bond motifs is 8. The Hall–Kier alpha value is -4.30. The first-order valence-electron chi connectivity index (χ1n) is 14.4. The van der Waals surface area contributed by atoms with E-state index in [1.807, 2.05) is 30.3 Å². The van der Waals surface area contributed by atoms with Crippen LogP contribution in [0.3, 0.4) is 0 Å². The molecule has 0 saturated carbocycles. The van der Waals surface area contributed by atoms with Crippen LogP contribution in [0.5, 0.6) is 23.0 Å². The normalized spacial score (nSPS) is 13.4. The molecule has 0 amide bonds. The fraction of sp³-hybridized carbons (Fsp3) is 0.194. The minimum absolute atomic E-state index is 0.0390. The predicted molar refractivity (Wildman–Crippen MR) is 172 cm³/mol. The second-order valence-electron chi connectivity index (χ2n) is 11.3. The zero-order valence-corrected chi connectivity index (χ0v) is 25.3. The van der Waals surface area contributed by atoms with Crippen LogP contribution in [0.2, 0.25) is 4.34 Å². The van der Waals surface area contributed by atoms with Gasteiger partial charge in [-0.25, -0.2) is 0 Å². The van der Waals surface area contributed by atoms with Gasteiger partial charge in [-0.15, -0.1) is 11.3 Å². The van der Waals surface area contributed by atoms with Crippen LogP contribution in [0.1, 0.15) is 66.2 Å². The number of carbonyl (C=O) groups excluding carboxylic acids is 1. The van der Waals surface area contributed by atoms with E-state index in [4.69, 9.17) is 11.6 Å². The van der Waals surface area contributed by atoms with Crippen LogP contribution in [0.15, 0.2) is 78.9 Å². The fourth-order valence-electron chi connectivity index (χ4n) is 5.95. The Labute approximate surface area is 264 Å². The molecule has 1 aliphatic carbocycles. The van der Waals surface area contributed by atoms with E-state index in [1.54, 1.807) is 48.5 Å². The molecule has 0 radical (unpaired) electrons. The number of para-hydroxylation sites is 3.